The molecule has 1 aromatic rings. The van der Waals surface area contributed by atoms with Gasteiger partial charge in [-0.05, 0) is 38.0 Å². The number of hydrogen-bond donors (Lipinski definition) is 0. The fraction of sp³-hybridized carbons (Fsp3) is 0.533. The van der Waals surface area contributed by atoms with Gasteiger partial charge in [-0.2, -0.15) is 5.26 Å². The van der Waals surface area contributed by atoms with Crippen LogP contribution in [0.3, 0.4) is 0 Å². The Morgan fingerprint density at radius 2 is 2.17 bits per heavy atom. The molecule has 1 aromatic carbocycles. The number of nitriles is 1. The second kappa shape index (κ2) is 4.62. The van der Waals surface area contributed by atoms with Crippen LogP contribution in [0.15, 0.2) is 18.2 Å². The van der Waals surface area contributed by atoms with Crippen LogP contribution in [0, 0.1) is 17.2 Å². The molecule has 2 rings (SSSR count). The van der Waals surface area contributed by atoms with Gasteiger partial charge in [0.05, 0.1) is 23.7 Å². The van der Waals surface area contributed by atoms with E-state index in [1.165, 1.54) is 0 Å². The highest BCUT2D eigenvalue weighted by Crippen LogP contribution is 2.43. The van der Waals surface area contributed by atoms with Crippen molar-refractivity contribution in [2.24, 2.45) is 5.92 Å². The van der Waals surface area contributed by atoms with Crippen LogP contribution in [0.4, 0.5) is 0 Å². The zero-order valence-corrected chi connectivity index (χ0v) is 11.4. The Balaban J connectivity index is 2.25. The second-order valence-electron chi connectivity index (χ2n) is 5.72. The third-order valence-electron chi connectivity index (χ3n) is 3.21. The monoisotopic (exact) mass is 245 g/mol. The topological polar surface area (TPSA) is 42.2 Å². The van der Waals surface area contributed by atoms with Crippen molar-refractivity contribution in [1.29, 1.82) is 5.26 Å². The summed E-state index contributed by atoms with van der Waals surface area (Å²) >= 11 is 0. The first-order chi connectivity index (χ1) is 8.45. The van der Waals surface area contributed by atoms with Crippen molar-refractivity contribution in [3.63, 3.8) is 0 Å². The molecule has 0 fully saturated rings. The van der Waals surface area contributed by atoms with Crippen molar-refractivity contribution in [1.82, 2.24) is 0 Å². The van der Waals surface area contributed by atoms with Crippen LogP contribution < -0.4 is 4.74 Å². The first kappa shape index (κ1) is 12.9. The summed E-state index contributed by atoms with van der Waals surface area (Å²) in [6, 6.07) is 7.69. The number of nitrogens with zero attached hydrogens (tertiary/aromatic N) is 1. The molecule has 0 amide bonds. The molecule has 3 nitrogen and oxygen atoms in total. The molecule has 3 heteroatoms. The third kappa shape index (κ3) is 2.21. The van der Waals surface area contributed by atoms with Gasteiger partial charge in [0.15, 0.2) is 0 Å². The molecule has 96 valence electrons. The molecule has 0 saturated carbocycles. The van der Waals surface area contributed by atoms with Gasteiger partial charge in [-0.3, -0.25) is 0 Å². The number of benzene rings is 1. The van der Waals surface area contributed by atoms with Gasteiger partial charge in [0.2, 0.25) is 6.29 Å². The summed E-state index contributed by atoms with van der Waals surface area (Å²) in [5.74, 6) is 1.30. The second-order valence-corrected chi connectivity index (χ2v) is 5.72. The molecule has 0 N–H and O–H groups in total. The SMILES string of the molecule is CC(C)COC1Oc2ccc(C#N)cc2C1(C)C. The molecule has 0 spiro atoms. The summed E-state index contributed by atoms with van der Waals surface area (Å²) in [5.41, 5.74) is 1.49. The third-order valence-corrected chi connectivity index (χ3v) is 3.21. The normalized spacial score (nSPS) is 20.3. The Labute approximate surface area is 108 Å². The van der Waals surface area contributed by atoms with Crippen molar-refractivity contribution >= 4 is 0 Å². The molecule has 0 aromatic heterocycles. The quantitative estimate of drug-likeness (QED) is 0.821. The molecule has 0 saturated heterocycles. The molecule has 0 aliphatic carbocycles. The van der Waals surface area contributed by atoms with E-state index >= 15 is 0 Å². The summed E-state index contributed by atoms with van der Waals surface area (Å²) in [6.45, 7) is 9.08. The number of ether oxygens (including phenoxy) is 2. The van der Waals surface area contributed by atoms with Crippen LogP contribution in [-0.2, 0) is 10.2 Å². The maximum atomic E-state index is 8.96. The van der Waals surface area contributed by atoms with Crippen LogP contribution in [0.5, 0.6) is 5.75 Å². The van der Waals surface area contributed by atoms with Crippen LogP contribution in [0.2, 0.25) is 0 Å². The van der Waals surface area contributed by atoms with E-state index in [-0.39, 0.29) is 11.7 Å². The van der Waals surface area contributed by atoms with Crippen molar-refractivity contribution in [2.45, 2.75) is 39.4 Å². The van der Waals surface area contributed by atoms with Crippen LogP contribution in [0.25, 0.3) is 0 Å². The lowest BCUT2D eigenvalue weighted by Gasteiger charge is -2.26. The van der Waals surface area contributed by atoms with Gasteiger partial charge in [0.25, 0.3) is 0 Å². The molecule has 1 aliphatic heterocycles. The standard InChI is InChI=1S/C15H19NO2/c1-10(2)9-17-14-15(3,4)12-7-11(8-16)5-6-13(12)18-14/h5-7,10,14H,9H2,1-4H3. The average Bonchev–Trinajstić information content (AvgIpc) is 2.58. The van der Waals surface area contributed by atoms with E-state index in [9.17, 15) is 0 Å². The largest absolute Gasteiger partial charge is 0.464 e. The van der Waals surface area contributed by atoms with Gasteiger partial charge in [-0.25, -0.2) is 0 Å². The molecule has 1 aliphatic rings. The van der Waals surface area contributed by atoms with E-state index in [1.54, 1.807) is 6.07 Å². The Morgan fingerprint density at radius 3 is 2.78 bits per heavy atom. The molecule has 1 unspecified atom stereocenters. The number of rotatable bonds is 3. The molecule has 1 heterocycles. The van der Waals surface area contributed by atoms with Gasteiger partial charge in [0, 0.05) is 5.56 Å². The van der Waals surface area contributed by atoms with Crippen molar-refractivity contribution in [2.75, 3.05) is 6.61 Å². The molecule has 0 bridgehead atoms. The van der Waals surface area contributed by atoms with Crippen molar-refractivity contribution in [3.8, 4) is 11.8 Å². The first-order valence-corrected chi connectivity index (χ1v) is 6.28. The summed E-state index contributed by atoms with van der Waals surface area (Å²) < 4.78 is 11.7. The maximum Gasteiger partial charge on any atom is 0.209 e. The molecule has 0 radical (unpaired) electrons. The minimum Gasteiger partial charge on any atom is -0.464 e. The highest BCUT2D eigenvalue weighted by atomic mass is 16.7. The van der Waals surface area contributed by atoms with E-state index in [0.717, 1.165) is 11.3 Å². The van der Waals surface area contributed by atoms with Gasteiger partial charge in [0.1, 0.15) is 5.75 Å². The lowest BCUT2D eigenvalue weighted by Crippen LogP contribution is -2.35. The van der Waals surface area contributed by atoms with E-state index < -0.39 is 0 Å². The van der Waals surface area contributed by atoms with Gasteiger partial charge in [-0.15, -0.1) is 0 Å². The molecule has 1 atom stereocenters. The zero-order chi connectivity index (χ0) is 13.3. The summed E-state index contributed by atoms with van der Waals surface area (Å²) in [6.07, 6.45) is -0.274. The van der Waals surface area contributed by atoms with Gasteiger partial charge in [-0.1, -0.05) is 13.8 Å². The van der Waals surface area contributed by atoms with Crippen LogP contribution in [0.1, 0.15) is 38.8 Å². The van der Waals surface area contributed by atoms with E-state index in [0.29, 0.717) is 18.1 Å². The summed E-state index contributed by atoms with van der Waals surface area (Å²) in [4.78, 5) is 0. The van der Waals surface area contributed by atoms with Crippen LogP contribution >= 0.6 is 0 Å². The highest BCUT2D eigenvalue weighted by molar-refractivity contribution is 5.48. The predicted octanol–water partition coefficient (Wildman–Crippen LogP) is 3.23. The van der Waals surface area contributed by atoms with Gasteiger partial charge >= 0.3 is 0 Å². The number of hydrogen-bond acceptors (Lipinski definition) is 3. The van der Waals surface area contributed by atoms with E-state index in [2.05, 4.69) is 33.8 Å². The Morgan fingerprint density at radius 1 is 1.44 bits per heavy atom. The zero-order valence-electron chi connectivity index (χ0n) is 11.4. The Bertz CT molecular complexity index is 486. The predicted molar refractivity (Wildman–Crippen MR) is 69.4 cm³/mol. The summed E-state index contributed by atoms with van der Waals surface area (Å²) in [5, 5.41) is 8.96. The fourth-order valence-corrected chi connectivity index (χ4v) is 2.12. The van der Waals surface area contributed by atoms with E-state index in [1.807, 2.05) is 12.1 Å². The smallest absolute Gasteiger partial charge is 0.209 e. The number of fused-ring (bicyclic) bond motifs is 1. The Hall–Kier alpha value is -1.53. The minimum absolute atomic E-state index is 0.225. The average molecular weight is 245 g/mol. The van der Waals surface area contributed by atoms with Crippen LogP contribution in [-0.4, -0.2) is 12.9 Å². The molecular formula is C15H19NO2. The lowest BCUT2D eigenvalue weighted by molar-refractivity contribution is -0.110. The van der Waals surface area contributed by atoms with Gasteiger partial charge < -0.3 is 9.47 Å². The Kier molecular flexibility index (Phi) is 3.32. The first-order valence-electron chi connectivity index (χ1n) is 6.28. The fourth-order valence-electron chi connectivity index (χ4n) is 2.12. The van der Waals surface area contributed by atoms with Crippen molar-refractivity contribution in [3.05, 3.63) is 29.3 Å². The lowest BCUT2D eigenvalue weighted by atomic mass is 9.84. The summed E-state index contributed by atoms with van der Waals surface area (Å²) in [7, 11) is 0. The minimum atomic E-state index is -0.274. The maximum absolute atomic E-state index is 8.96. The van der Waals surface area contributed by atoms with E-state index in [4.69, 9.17) is 14.7 Å². The highest BCUT2D eigenvalue weighted by Gasteiger charge is 2.42. The molecule has 18 heavy (non-hydrogen) atoms. The van der Waals surface area contributed by atoms with Crippen molar-refractivity contribution < 1.29 is 9.47 Å². The molecular weight excluding hydrogens is 226 g/mol.